The Hall–Kier alpha value is -3.03. The van der Waals surface area contributed by atoms with Gasteiger partial charge in [-0.2, -0.15) is 0 Å². The third-order valence-corrected chi connectivity index (χ3v) is 6.83. The quantitative estimate of drug-likeness (QED) is 0.606. The fourth-order valence-electron chi connectivity index (χ4n) is 5.20. The maximum absolute atomic E-state index is 14.7. The van der Waals surface area contributed by atoms with Crippen molar-refractivity contribution >= 4 is 11.0 Å². The second-order valence-electron chi connectivity index (χ2n) is 9.12. The van der Waals surface area contributed by atoms with Gasteiger partial charge < -0.3 is 15.2 Å². The van der Waals surface area contributed by atoms with Gasteiger partial charge in [0.2, 0.25) is 0 Å². The van der Waals surface area contributed by atoms with E-state index < -0.39 is 0 Å². The van der Waals surface area contributed by atoms with E-state index in [9.17, 15) is 4.39 Å². The van der Waals surface area contributed by atoms with E-state index in [2.05, 4.69) is 41.7 Å². The number of aryl methyl sites for hydroxylation is 1. The molecule has 0 spiro atoms. The van der Waals surface area contributed by atoms with Gasteiger partial charge in [0.05, 0.1) is 23.3 Å². The van der Waals surface area contributed by atoms with E-state index in [0.29, 0.717) is 29.9 Å². The van der Waals surface area contributed by atoms with Crippen LogP contribution in [0.5, 0.6) is 0 Å². The molecule has 3 aromatic rings. The second kappa shape index (κ2) is 8.84. The first-order valence-corrected chi connectivity index (χ1v) is 11.6. The number of fused-ring (bicyclic) bond motifs is 1. The van der Waals surface area contributed by atoms with Gasteiger partial charge >= 0.3 is 0 Å². The van der Waals surface area contributed by atoms with Crippen LogP contribution in [0.3, 0.4) is 0 Å². The van der Waals surface area contributed by atoms with Gasteiger partial charge in [0.1, 0.15) is 12.0 Å². The minimum Gasteiger partial charge on any atom is -0.369 e. The number of likely N-dealkylation sites (tertiary alicyclic amines) is 1. The fourth-order valence-corrected chi connectivity index (χ4v) is 5.20. The van der Waals surface area contributed by atoms with Crippen LogP contribution in [0.15, 0.2) is 31.1 Å². The van der Waals surface area contributed by atoms with Crippen molar-refractivity contribution in [1.82, 2.24) is 35.1 Å². The summed E-state index contributed by atoms with van der Waals surface area (Å²) >= 11 is 0. The SMILES string of the molecule is C=C(N[C@H]1CCC[C@@H](Cc2nc(-c3c(C)[nH]c4ncncc34)ncc2F)C1)N1CCCC1. The first kappa shape index (κ1) is 20.8. The number of hydrogen-bond acceptors (Lipinski definition) is 6. The fraction of sp³-hybridized carbons (Fsp3) is 0.500. The zero-order valence-electron chi connectivity index (χ0n) is 18.6. The van der Waals surface area contributed by atoms with Crippen LogP contribution < -0.4 is 5.32 Å². The third kappa shape index (κ3) is 4.18. The molecule has 1 saturated heterocycles. The number of rotatable bonds is 6. The minimum atomic E-state index is -0.334. The summed E-state index contributed by atoms with van der Waals surface area (Å²) in [5.41, 5.74) is 2.97. The normalized spacial score (nSPS) is 21.2. The average Bonchev–Trinajstić information content (AvgIpc) is 3.43. The van der Waals surface area contributed by atoms with Crippen LogP contribution in [-0.4, -0.2) is 49.0 Å². The molecule has 5 rings (SSSR count). The molecule has 0 radical (unpaired) electrons. The van der Waals surface area contributed by atoms with E-state index in [4.69, 9.17) is 0 Å². The highest BCUT2D eigenvalue weighted by Crippen LogP contribution is 2.31. The summed E-state index contributed by atoms with van der Waals surface area (Å²) in [6, 6.07) is 0.388. The number of halogens is 1. The van der Waals surface area contributed by atoms with Crippen LogP contribution in [-0.2, 0) is 6.42 Å². The molecule has 0 aromatic carbocycles. The van der Waals surface area contributed by atoms with Crippen molar-refractivity contribution in [2.75, 3.05) is 13.1 Å². The molecule has 2 atom stereocenters. The van der Waals surface area contributed by atoms with Gasteiger partial charge in [0.15, 0.2) is 11.6 Å². The van der Waals surface area contributed by atoms with Crippen LogP contribution in [0.1, 0.15) is 49.9 Å². The predicted octanol–water partition coefficient (Wildman–Crippen LogP) is 4.12. The number of nitrogens with zero attached hydrogens (tertiary/aromatic N) is 5. The molecule has 1 saturated carbocycles. The molecule has 1 aliphatic heterocycles. The van der Waals surface area contributed by atoms with Crippen LogP contribution in [0, 0.1) is 18.7 Å². The van der Waals surface area contributed by atoms with E-state index >= 15 is 0 Å². The zero-order valence-corrected chi connectivity index (χ0v) is 18.6. The van der Waals surface area contributed by atoms with Gasteiger partial charge in [0, 0.05) is 36.4 Å². The Bertz CT molecular complexity index is 1120. The summed E-state index contributed by atoms with van der Waals surface area (Å²) in [6.45, 7) is 8.39. The Labute approximate surface area is 187 Å². The van der Waals surface area contributed by atoms with E-state index in [1.165, 1.54) is 25.4 Å². The molecule has 3 aromatic heterocycles. The highest BCUT2D eigenvalue weighted by atomic mass is 19.1. The maximum Gasteiger partial charge on any atom is 0.163 e. The number of H-pyrrole nitrogens is 1. The Kier molecular flexibility index (Phi) is 5.76. The van der Waals surface area contributed by atoms with Gasteiger partial charge in [-0.25, -0.2) is 24.3 Å². The lowest BCUT2D eigenvalue weighted by Crippen LogP contribution is -2.39. The van der Waals surface area contributed by atoms with Crippen LogP contribution in [0.2, 0.25) is 0 Å². The number of aromatic amines is 1. The van der Waals surface area contributed by atoms with Crippen molar-refractivity contribution in [3.63, 3.8) is 0 Å². The lowest BCUT2D eigenvalue weighted by Gasteiger charge is -2.33. The summed E-state index contributed by atoms with van der Waals surface area (Å²) in [6.07, 6.45) is 12.0. The smallest absolute Gasteiger partial charge is 0.163 e. The summed E-state index contributed by atoms with van der Waals surface area (Å²) < 4.78 is 14.7. The first-order chi connectivity index (χ1) is 15.6. The van der Waals surface area contributed by atoms with Gasteiger partial charge in [-0.1, -0.05) is 13.0 Å². The van der Waals surface area contributed by atoms with Crippen molar-refractivity contribution in [3.05, 3.63) is 48.3 Å². The van der Waals surface area contributed by atoms with Crippen molar-refractivity contribution in [2.24, 2.45) is 5.92 Å². The maximum atomic E-state index is 14.7. The second-order valence-corrected chi connectivity index (χ2v) is 9.12. The molecule has 0 bridgehead atoms. The Morgan fingerprint density at radius 2 is 2.06 bits per heavy atom. The molecule has 168 valence electrons. The lowest BCUT2D eigenvalue weighted by atomic mass is 9.83. The van der Waals surface area contributed by atoms with Gasteiger partial charge in [-0.05, 0) is 51.4 Å². The molecule has 7 nitrogen and oxygen atoms in total. The van der Waals surface area contributed by atoms with Gasteiger partial charge in [-0.3, -0.25) is 0 Å². The highest BCUT2D eigenvalue weighted by molar-refractivity contribution is 5.92. The lowest BCUT2D eigenvalue weighted by molar-refractivity contribution is 0.269. The van der Waals surface area contributed by atoms with Crippen LogP contribution in [0.4, 0.5) is 4.39 Å². The minimum absolute atomic E-state index is 0.334. The number of hydrogen-bond donors (Lipinski definition) is 2. The van der Waals surface area contributed by atoms with Crippen molar-refractivity contribution in [3.8, 4) is 11.4 Å². The Balaban J connectivity index is 1.32. The summed E-state index contributed by atoms with van der Waals surface area (Å²) in [4.78, 5) is 22.9. The molecular weight excluding hydrogens is 405 g/mol. The van der Waals surface area contributed by atoms with Crippen LogP contribution in [0.25, 0.3) is 22.4 Å². The third-order valence-electron chi connectivity index (χ3n) is 6.83. The molecule has 0 unspecified atom stereocenters. The molecule has 2 fully saturated rings. The van der Waals surface area contributed by atoms with Gasteiger partial charge in [-0.15, -0.1) is 0 Å². The summed E-state index contributed by atoms with van der Waals surface area (Å²) in [5.74, 6) is 1.62. The van der Waals surface area contributed by atoms with E-state index in [1.54, 1.807) is 6.20 Å². The largest absolute Gasteiger partial charge is 0.369 e. The van der Waals surface area contributed by atoms with Crippen molar-refractivity contribution in [1.29, 1.82) is 0 Å². The Morgan fingerprint density at radius 3 is 2.91 bits per heavy atom. The average molecular weight is 436 g/mol. The monoisotopic (exact) mass is 435 g/mol. The summed E-state index contributed by atoms with van der Waals surface area (Å²) in [5, 5.41) is 4.49. The Morgan fingerprint density at radius 1 is 1.22 bits per heavy atom. The molecule has 4 heterocycles. The van der Waals surface area contributed by atoms with Crippen LogP contribution >= 0.6 is 0 Å². The molecule has 32 heavy (non-hydrogen) atoms. The number of nitrogens with one attached hydrogen (secondary N) is 2. The van der Waals surface area contributed by atoms with E-state index in [0.717, 1.165) is 66.9 Å². The molecule has 2 N–H and O–H groups in total. The topological polar surface area (TPSA) is 82.6 Å². The molecule has 2 aliphatic rings. The van der Waals surface area contributed by atoms with Crippen molar-refractivity contribution in [2.45, 2.75) is 57.9 Å². The first-order valence-electron chi connectivity index (χ1n) is 11.6. The molecule has 8 heteroatoms. The molecular formula is C24H30FN7. The van der Waals surface area contributed by atoms with Crippen molar-refractivity contribution < 1.29 is 4.39 Å². The summed E-state index contributed by atoms with van der Waals surface area (Å²) in [7, 11) is 0. The molecule has 0 amide bonds. The van der Waals surface area contributed by atoms with E-state index in [-0.39, 0.29) is 5.82 Å². The number of aromatic nitrogens is 5. The predicted molar refractivity (Wildman–Crippen MR) is 122 cm³/mol. The highest BCUT2D eigenvalue weighted by Gasteiger charge is 2.26. The van der Waals surface area contributed by atoms with E-state index in [1.807, 2.05) is 6.92 Å². The standard InChI is InChI=1S/C24H30FN7/c1-15-22(19-12-26-14-28-23(19)29-15)24-27-13-20(25)21(31-24)11-17-6-5-7-18(10-17)30-16(2)32-8-3-4-9-32/h12-14,17-18,30H,2-11H2,1H3,(H,26,28,29)/t17-,18+/m1/s1. The molecule has 1 aliphatic carbocycles. The zero-order chi connectivity index (χ0) is 22.1. The van der Waals surface area contributed by atoms with Gasteiger partial charge in [0.25, 0.3) is 0 Å².